The van der Waals surface area contributed by atoms with Gasteiger partial charge in [0.2, 0.25) is 0 Å². The van der Waals surface area contributed by atoms with Gasteiger partial charge in [0.1, 0.15) is 17.1 Å². The van der Waals surface area contributed by atoms with Gasteiger partial charge in [0.25, 0.3) is 0 Å². The van der Waals surface area contributed by atoms with Gasteiger partial charge in [-0.2, -0.15) is 0 Å². The molecule has 1 heterocycles. The Hall–Kier alpha value is -3.03. The van der Waals surface area contributed by atoms with Crippen molar-refractivity contribution in [2.24, 2.45) is 0 Å². The normalized spacial score (nSPS) is 17.8. The van der Waals surface area contributed by atoms with E-state index in [9.17, 15) is 4.79 Å². The number of piperidine rings is 1. The molecule has 0 spiro atoms. The van der Waals surface area contributed by atoms with Crippen LogP contribution in [0.5, 0.6) is 11.5 Å². The summed E-state index contributed by atoms with van der Waals surface area (Å²) in [5.41, 5.74) is 1.68. The van der Waals surface area contributed by atoms with Crippen molar-refractivity contribution in [2.75, 3.05) is 40.0 Å². The second kappa shape index (κ2) is 14.1. The molecule has 1 aliphatic rings. The number of carbonyl (C=O) groups is 1. The van der Waals surface area contributed by atoms with Crippen LogP contribution in [0.15, 0.2) is 61.2 Å². The highest BCUT2D eigenvalue weighted by atomic mass is 16.6. The van der Waals surface area contributed by atoms with Crippen LogP contribution in [0.4, 0.5) is 4.79 Å². The summed E-state index contributed by atoms with van der Waals surface area (Å²) >= 11 is 0. The molecule has 1 saturated heterocycles. The summed E-state index contributed by atoms with van der Waals surface area (Å²) in [6.45, 7) is 12.6. The number of benzene rings is 2. The summed E-state index contributed by atoms with van der Waals surface area (Å²) in [6, 6.07) is 16.0. The van der Waals surface area contributed by atoms with Crippen LogP contribution in [0.1, 0.15) is 50.7 Å². The van der Waals surface area contributed by atoms with Crippen LogP contribution in [0.3, 0.4) is 0 Å². The highest BCUT2D eigenvalue weighted by molar-refractivity contribution is 5.68. The zero-order chi connectivity index (χ0) is 26.7. The van der Waals surface area contributed by atoms with Crippen molar-refractivity contribution in [2.45, 2.75) is 57.8 Å². The summed E-state index contributed by atoms with van der Waals surface area (Å²) in [4.78, 5) is 14.3. The van der Waals surface area contributed by atoms with Gasteiger partial charge in [0.15, 0.2) is 0 Å². The molecule has 2 atom stereocenters. The predicted octanol–water partition coefficient (Wildman–Crippen LogP) is 5.98. The minimum absolute atomic E-state index is 0.133. The first-order valence-corrected chi connectivity index (χ1v) is 12.9. The van der Waals surface area contributed by atoms with Crippen LogP contribution >= 0.6 is 0 Å². The summed E-state index contributed by atoms with van der Waals surface area (Å²) in [5.74, 6) is 1.84. The fourth-order valence-electron chi connectivity index (χ4n) is 4.32. The molecular formula is C30H41NO6. The van der Waals surface area contributed by atoms with E-state index in [1.807, 2.05) is 57.2 Å². The quantitative estimate of drug-likeness (QED) is 0.258. The molecular weight excluding hydrogens is 470 g/mol. The molecule has 0 bridgehead atoms. The molecule has 1 amide bonds. The zero-order valence-electron chi connectivity index (χ0n) is 22.6. The number of hydrogen-bond acceptors (Lipinski definition) is 6. The number of hydrogen-bond donors (Lipinski definition) is 0. The van der Waals surface area contributed by atoms with Gasteiger partial charge in [0, 0.05) is 24.4 Å². The number of ether oxygens (including phenoxy) is 5. The minimum atomic E-state index is -0.525. The van der Waals surface area contributed by atoms with Gasteiger partial charge in [-0.25, -0.2) is 4.79 Å². The fourth-order valence-corrected chi connectivity index (χ4v) is 4.32. The number of rotatable bonds is 12. The lowest BCUT2D eigenvalue weighted by Gasteiger charge is -2.39. The SMILES string of the molecule is C=CCOC1CN(C(=O)OC(C)(C)C)CCC1c1ccc(OCCCOCc2ccccc2OC)cc1. The van der Waals surface area contributed by atoms with Gasteiger partial charge in [-0.05, 0) is 51.0 Å². The van der Waals surface area contributed by atoms with E-state index in [0.717, 1.165) is 29.9 Å². The molecule has 0 aromatic heterocycles. The molecule has 202 valence electrons. The molecule has 1 aliphatic heterocycles. The third-order valence-corrected chi connectivity index (χ3v) is 6.10. The lowest BCUT2D eigenvalue weighted by atomic mass is 9.87. The molecule has 0 saturated carbocycles. The van der Waals surface area contributed by atoms with E-state index in [2.05, 4.69) is 18.7 Å². The Labute approximate surface area is 221 Å². The number of para-hydroxylation sites is 1. The Kier molecular flexibility index (Phi) is 10.8. The molecule has 0 N–H and O–H groups in total. The van der Waals surface area contributed by atoms with Crippen molar-refractivity contribution in [1.82, 2.24) is 4.90 Å². The first-order chi connectivity index (χ1) is 17.8. The molecule has 3 rings (SSSR count). The van der Waals surface area contributed by atoms with E-state index in [4.69, 9.17) is 23.7 Å². The molecule has 2 aromatic carbocycles. The van der Waals surface area contributed by atoms with Crippen LogP contribution in [0, 0.1) is 0 Å². The Balaban J connectivity index is 1.46. The van der Waals surface area contributed by atoms with Gasteiger partial charge >= 0.3 is 6.09 Å². The van der Waals surface area contributed by atoms with Crippen LogP contribution in [0.25, 0.3) is 0 Å². The van der Waals surface area contributed by atoms with Crippen LogP contribution in [0.2, 0.25) is 0 Å². The van der Waals surface area contributed by atoms with Gasteiger partial charge in [0.05, 0.1) is 46.2 Å². The van der Waals surface area contributed by atoms with Crippen LogP contribution in [-0.2, 0) is 20.8 Å². The van der Waals surface area contributed by atoms with Crippen molar-refractivity contribution < 1.29 is 28.5 Å². The van der Waals surface area contributed by atoms with Gasteiger partial charge in [-0.15, -0.1) is 6.58 Å². The van der Waals surface area contributed by atoms with Gasteiger partial charge in [-0.1, -0.05) is 36.4 Å². The Morgan fingerprint density at radius 3 is 2.57 bits per heavy atom. The minimum Gasteiger partial charge on any atom is -0.496 e. The van der Waals surface area contributed by atoms with Crippen LogP contribution < -0.4 is 9.47 Å². The van der Waals surface area contributed by atoms with Gasteiger partial charge in [-0.3, -0.25) is 0 Å². The van der Waals surface area contributed by atoms with Crippen molar-refractivity contribution in [3.8, 4) is 11.5 Å². The molecule has 2 aromatic rings. The number of amides is 1. The number of methoxy groups -OCH3 is 1. The highest BCUT2D eigenvalue weighted by Gasteiger charge is 2.34. The van der Waals surface area contributed by atoms with E-state index in [0.29, 0.717) is 39.5 Å². The molecule has 1 fully saturated rings. The maximum Gasteiger partial charge on any atom is 0.410 e. The third-order valence-electron chi connectivity index (χ3n) is 6.10. The van der Waals surface area contributed by atoms with E-state index >= 15 is 0 Å². The maximum atomic E-state index is 12.6. The Morgan fingerprint density at radius 1 is 1.11 bits per heavy atom. The second-order valence-electron chi connectivity index (χ2n) is 10.1. The fraction of sp³-hybridized carbons (Fsp3) is 0.500. The molecule has 7 nitrogen and oxygen atoms in total. The van der Waals surface area contributed by atoms with E-state index in [1.54, 1.807) is 18.1 Å². The lowest BCUT2D eigenvalue weighted by molar-refractivity contribution is -0.0223. The molecule has 7 heteroatoms. The number of likely N-dealkylation sites (tertiary alicyclic amines) is 1. The molecule has 37 heavy (non-hydrogen) atoms. The average molecular weight is 512 g/mol. The summed E-state index contributed by atoms with van der Waals surface area (Å²) in [5, 5.41) is 0. The highest BCUT2D eigenvalue weighted by Crippen LogP contribution is 2.32. The van der Waals surface area contributed by atoms with Crippen molar-refractivity contribution in [1.29, 1.82) is 0 Å². The Bertz CT molecular complexity index is 984. The smallest absolute Gasteiger partial charge is 0.410 e. The molecule has 0 aliphatic carbocycles. The standard InChI is InChI=1S/C30H41NO6/c1-6-18-36-28-21-31(29(32)37-30(2,3)4)17-16-26(28)23-12-14-25(15-13-23)35-20-9-19-34-22-24-10-7-8-11-27(24)33-5/h6-8,10-15,26,28H,1,9,16-22H2,2-5H3. The average Bonchev–Trinajstić information content (AvgIpc) is 2.89. The molecule has 2 unspecified atom stereocenters. The first kappa shape index (κ1) is 28.5. The maximum absolute atomic E-state index is 12.6. The Morgan fingerprint density at radius 2 is 1.86 bits per heavy atom. The first-order valence-electron chi connectivity index (χ1n) is 12.9. The molecule has 0 radical (unpaired) electrons. The topological polar surface area (TPSA) is 66.5 Å². The largest absolute Gasteiger partial charge is 0.496 e. The van der Waals surface area contributed by atoms with Crippen LogP contribution in [-0.4, -0.2) is 62.7 Å². The van der Waals surface area contributed by atoms with Crippen molar-refractivity contribution in [3.05, 3.63) is 72.3 Å². The van der Waals surface area contributed by atoms with E-state index in [1.165, 1.54) is 5.56 Å². The number of carbonyl (C=O) groups excluding carboxylic acids is 1. The van der Waals surface area contributed by atoms with Gasteiger partial charge < -0.3 is 28.6 Å². The number of nitrogens with zero attached hydrogens (tertiary/aromatic N) is 1. The summed E-state index contributed by atoms with van der Waals surface area (Å²) < 4.78 is 28.7. The monoisotopic (exact) mass is 511 g/mol. The summed E-state index contributed by atoms with van der Waals surface area (Å²) in [6.07, 6.45) is 2.89. The second-order valence-corrected chi connectivity index (χ2v) is 10.1. The lowest BCUT2D eigenvalue weighted by Crippen LogP contribution is -2.48. The zero-order valence-corrected chi connectivity index (χ0v) is 22.6. The summed E-state index contributed by atoms with van der Waals surface area (Å²) in [7, 11) is 1.67. The van der Waals surface area contributed by atoms with Crippen molar-refractivity contribution >= 4 is 6.09 Å². The van der Waals surface area contributed by atoms with E-state index in [-0.39, 0.29) is 18.1 Å². The van der Waals surface area contributed by atoms with E-state index < -0.39 is 5.60 Å². The van der Waals surface area contributed by atoms with Crippen molar-refractivity contribution in [3.63, 3.8) is 0 Å². The third kappa shape index (κ3) is 9.09. The predicted molar refractivity (Wildman–Crippen MR) is 144 cm³/mol.